The number of nitrogens with one attached hydrogen (secondary N) is 1. The van der Waals surface area contributed by atoms with Crippen LogP contribution in [0.15, 0.2) is 38.6 Å². The number of fused-ring (bicyclic) bond motifs is 1. The van der Waals surface area contributed by atoms with Crippen LogP contribution in [-0.2, 0) is 13.6 Å². The fourth-order valence-electron chi connectivity index (χ4n) is 2.66. The van der Waals surface area contributed by atoms with Gasteiger partial charge in [-0.25, -0.2) is 4.98 Å². The van der Waals surface area contributed by atoms with Gasteiger partial charge in [-0.1, -0.05) is 39.1 Å². The van der Waals surface area contributed by atoms with Gasteiger partial charge in [-0.05, 0) is 24.6 Å². The highest BCUT2D eigenvalue weighted by atomic mass is 79.9. The number of rotatable bonds is 5. The first-order valence-electron chi connectivity index (χ1n) is 7.95. The van der Waals surface area contributed by atoms with Crippen LogP contribution in [0.1, 0.15) is 6.42 Å². The Morgan fingerprint density at radius 1 is 1.26 bits per heavy atom. The number of benzene rings is 1. The van der Waals surface area contributed by atoms with Crippen molar-refractivity contribution in [2.45, 2.75) is 13.0 Å². The van der Waals surface area contributed by atoms with Crippen molar-refractivity contribution >= 4 is 61.5 Å². The molecular formula is C17H15BrCl2N4O3. The Kier molecular flexibility index (Phi) is 5.90. The molecule has 1 aromatic carbocycles. The van der Waals surface area contributed by atoms with Crippen molar-refractivity contribution in [2.24, 2.45) is 7.05 Å². The summed E-state index contributed by atoms with van der Waals surface area (Å²) in [4.78, 5) is 29.7. The topological polar surface area (TPSA) is 89.2 Å². The molecule has 3 aromatic rings. The predicted molar refractivity (Wildman–Crippen MR) is 110 cm³/mol. The van der Waals surface area contributed by atoms with Crippen LogP contribution in [0.5, 0.6) is 0 Å². The third-order valence-corrected chi connectivity index (χ3v) is 5.20. The fraction of sp³-hybridized carbons (Fsp3) is 0.235. The second-order valence-electron chi connectivity index (χ2n) is 5.82. The van der Waals surface area contributed by atoms with Crippen molar-refractivity contribution in [3.63, 3.8) is 0 Å². The minimum absolute atomic E-state index is 0.0574. The molecule has 3 rings (SSSR count). The lowest BCUT2D eigenvalue weighted by molar-refractivity contribution is 0.279. The molecule has 0 aliphatic carbocycles. The molecule has 0 aliphatic heterocycles. The van der Waals surface area contributed by atoms with Crippen LogP contribution in [-0.4, -0.2) is 25.8 Å². The summed E-state index contributed by atoms with van der Waals surface area (Å²) in [7, 11) is 1.50. The Labute approximate surface area is 172 Å². The maximum atomic E-state index is 13.0. The number of aliphatic hydroxyl groups excluding tert-OH is 1. The van der Waals surface area contributed by atoms with Gasteiger partial charge < -0.3 is 10.4 Å². The maximum Gasteiger partial charge on any atom is 0.272 e. The Balaban J connectivity index is 2.29. The summed E-state index contributed by atoms with van der Waals surface area (Å²) >= 11 is 15.9. The van der Waals surface area contributed by atoms with E-state index in [9.17, 15) is 9.59 Å². The van der Waals surface area contributed by atoms with Gasteiger partial charge in [-0.3, -0.25) is 18.7 Å². The molecule has 27 heavy (non-hydrogen) atoms. The number of halogens is 3. The molecule has 0 aliphatic rings. The molecule has 2 heterocycles. The number of aryl methyl sites for hydroxylation is 2. The molecule has 142 valence electrons. The second kappa shape index (κ2) is 8.02. The number of aromatic nitrogens is 3. The van der Waals surface area contributed by atoms with E-state index in [0.717, 1.165) is 4.47 Å². The van der Waals surface area contributed by atoms with Gasteiger partial charge in [0.15, 0.2) is 5.65 Å². The number of hydrogen-bond acceptors (Lipinski definition) is 5. The van der Waals surface area contributed by atoms with Gasteiger partial charge in [0.2, 0.25) is 0 Å². The number of aliphatic hydroxyl groups is 1. The second-order valence-corrected chi connectivity index (χ2v) is 7.52. The highest BCUT2D eigenvalue weighted by Crippen LogP contribution is 2.33. The van der Waals surface area contributed by atoms with E-state index in [2.05, 4.69) is 26.2 Å². The fourth-order valence-corrected chi connectivity index (χ4v) is 3.65. The molecule has 0 amide bonds. The predicted octanol–water partition coefficient (Wildman–Crippen LogP) is 3.29. The Bertz CT molecular complexity index is 1140. The maximum absolute atomic E-state index is 13.0. The average Bonchev–Trinajstić information content (AvgIpc) is 2.64. The number of pyridine rings is 1. The summed E-state index contributed by atoms with van der Waals surface area (Å²) in [5, 5.41) is 12.4. The van der Waals surface area contributed by atoms with Crippen molar-refractivity contribution in [3.8, 4) is 0 Å². The molecular weight excluding hydrogens is 459 g/mol. The van der Waals surface area contributed by atoms with E-state index >= 15 is 0 Å². The molecule has 0 fully saturated rings. The Hall–Kier alpha value is -1.87. The summed E-state index contributed by atoms with van der Waals surface area (Å²) in [5.41, 5.74) is -0.0247. The van der Waals surface area contributed by atoms with E-state index in [4.69, 9.17) is 28.3 Å². The highest BCUT2D eigenvalue weighted by Gasteiger charge is 2.19. The molecule has 2 aromatic heterocycles. The van der Waals surface area contributed by atoms with Gasteiger partial charge in [0.25, 0.3) is 11.1 Å². The molecule has 2 N–H and O–H groups in total. The third-order valence-electron chi connectivity index (χ3n) is 4.05. The first kappa shape index (κ1) is 19.9. The van der Waals surface area contributed by atoms with Crippen LogP contribution in [0.2, 0.25) is 10.0 Å². The quantitative estimate of drug-likeness (QED) is 0.593. The molecule has 0 saturated heterocycles. The molecule has 0 spiro atoms. The lowest BCUT2D eigenvalue weighted by Crippen LogP contribution is -2.27. The van der Waals surface area contributed by atoms with Crippen LogP contribution in [0.3, 0.4) is 0 Å². The minimum atomic E-state index is -0.486. The largest absolute Gasteiger partial charge is 0.396 e. The first-order valence-corrected chi connectivity index (χ1v) is 9.50. The van der Waals surface area contributed by atoms with Gasteiger partial charge in [0.05, 0.1) is 22.7 Å². The zero-order valence-corrected chi connectivity index (χ0v) is 17.3. The van der Waals surface area contributed by atoms with Gasteiger partial charge in [0, 0.05) is 24.7 Å². The minimum Gasteiger partial charge on any atom is -0.396 e. The zero-order valence-electron chi connectivity index (χ0n) is 14.2. The molecule has 0 radical (unpaired) electrons. The molecule has 0 atom stereocenters. The zero-order chi connectivity index (χ0) is 19.7. The summed E-state index contributed by atoms with van der Waals surface area (Å²) in [5.74, 6) is 0. The van der Waals surface area contributed by atoms with Crippen molar-refractivity contribution in [1.29, 1.82) is 0 Å². The van der Waals surface area contributed by atoms with E-state index in [1.807, 2.05) is 0 Å². The van der Waals surface area contributed by atoms with Crippen molar-refractivity contribution in [3.05, 3.63) is 59.8 Å². The van der Waals surface area contributed by atoms with Gasteiger partial charge >= 0.3 is 0 Å². The Morgan fingerprint density at radius 3 is 2.67 bits per heavy atom. The third kappa shape index (κ3) is 3.75. The smallest absolute Gasteiger partial charge is 0.272 e. The van der Waals surface area contributed by atoms with E-state index in [-0.39, 0.29) is 40.5 Å². The Morgan fingerprint density at radius 2 is 2.00 bits per heavy atom. The monoisotopic (exact) mass is 472 g/mol. The lowest BCUT2D eigenvalue weighted by atomic mass is 10.2. The van der Waals surface area contributed by atoms with Crippen molar-refractivity contribution in [2.75, 3.05) is 11.9 Å². The van der Waals surface area contributed by atoms with E-state index in [0.29, 0.717) is 17.1 Å². The van der Waals surface area contributed by atoms with Gasteiger partial charge in [-0.2, -0.15) is 0 Å². The average molecular weight is 474 g/mol. The number of nitrogens with zero attached hydrogens (tertiary/aromatic N) is 3. The van der Waals surface area contributed by atoms with Crippen LogP contribution in [0.25, 0.3) is 11.0 Å². The molecule has 7 nitrogen and oxygen atoms in total. The van der Waals surface area contributed by atoms with Crippen molar-refractivity contribution in [1.82, 2.24) is 14.1 Å². The van der Waals surface area contributed by atoms with Gasteiger partial charge in [-0.15, -0.1) is 0 Å². The highest BCUT2D eigenvalue weighted by molar-refractivity contribution is 9.10. The van der Waals surface area contributed by atoms with Crippen LogP contribution in [0.4, 0.5) is 11.4 Å². The molecule has 0 saturated carbocycles. The van der Waals surface area contributed by atoms with E-state index < -0.39 is 5.56 Å². The van der Waals surface area contributed by atoms with Crippen LogP contribution >= 0.6 is 39.1 Å². The van der Waals surface area contributed by atoms with Gasteiger partial charge in [0.1, 0.15) is 10.4 Å². The van der Waals surface area contributed by atoms with Crippen LogP contribution < -0.4 is 16.4 Å². The SMILES string of the molecule is Cn1c(=O)c(Cl)c(Nc2ccc(Br)cc2Cl)c2c(=O)n(CCCO)cnc21. The first-order chi connectivity index (χ1) is 12.8. The summed E-state index contributed by atoms with van der Waals surface area (Å²) < 4.78 is 3.38. The number of hydrogen-bond donors (Lipinski definition) is 2. The standard InChI is InChI=1S/C17H15BrCl2N4O3/c1-23-15-12(16(26)24(8-21-15)5-2-6-25)14(13(20)17(23)27)22-11-4-3-9(18)7-10(11)19/h3-4,7-8,22,25H,2,5-6H2,1H3. The number of anilines is 2. The van der Waals surface area contributed by atoms with Crippen LogP contribution in [0, 0.1) is 0 Å². The molecule has 0 bridgehead atoms. The summed E-state index contributed by atoms with van der Waals surface area (Å²) in [6.07, 6.45) is 1.75. The normalized spacial score (nSPS) is 11.1. The molecule has 0 unspecified atom stereocenters. The lowest BCUT2D eigenvalue weighted by Gasteiger charge is -2.15. The van der Waals surface area contributed by atoms with E-state index in [1.54, 1.807) is 18.2 Å². The summed E-state index contributed by atoms with van der Waals surface area (Å²) in [6.45, 7) is 0.231. The molecule has 10 heteroatoms. The van der Waals surface area contributed by atoms with Crippen molar-refractivity contribution < 1.29 is 5.11 Å². The van der Waals surface area contributed by atoms with E-state index in [1.165, 1.54) is 22.5 Å². The summed E-state index contributed by atoms with van der Waals surface area (Å²) in [6, 6.07) is 5.15.